The highest BCUT2D eigenvalue weighted by atomic mass is 16.6. The van der Waals surface area contributed by atoms with E-state index in [4.69, 9.17) is 9.47 Å². The van der Waals surface area contributed by atoms with Gasteiger partial charge in [-0.25, -0.2) is 4.79 Å². The van der Waals surface area contributed by atoms with Crippen LogP contribution in [0.1, 0.15) is 64.0 Å². The molecule has 0 saturated carbocycles. The molecule has 8 nitrogen and oxygen atoms in total. The quantitative estimate of drug-likeness (QED) is 0.658. The highest BCUT2D eigenvalue weighted by Crippen LogP contribution is 2.26. The van der Waals surface area contributed by atoms with Gasteiger partial charge in [-0.15, -0.1) is 0 Å². The Balaban J connectivity index is 2.04. The molecule has 0 spiro atoms. The fourth-order valence-corrected chi connectivity index (χ4v) is 3.67. The third-order valence-electron chi connectivity index (χ3n) is 5.27. The van der Waals surface area contributed by atoms with E-state index in [9.17, 15) is 14.4 Å². The molecule has 1 atom stereocenters. The Morgan fingerprint density at radius 1 is 1.23 bits per heavy atom. The van der Waals surface area contributed by atoms with Gasteiger partial charge in [-0.1, -0.05) is 6.92 Å². The Hall–Kier alpha value is -2.51. The van der Waals surface area contributed by atoms with Crippen molar-refractivity contribution in [3.05, 3.63) is 24.0 Å². The second-order valence-corrected chi connectivity index (χ2v) is 8.77. The number of piperidine rings is 1. The molecule has 1 unspecified atom stereocenters. The molecule has 1 fully saturated rings. The molecule has 0 radical (unpaired) electrons. The molecule has 1 aromatic heterocycles. The van der Waals surface area contributed by atoms with Gasteiger partial charge >= 0.3 is 12.1 Å². The van der Waals surface area contributed by atoms with Gasteiger partial charge in [-0.3, -0.25) is 9.59 Å². The number of esters is 1. The highest BCUT2D eigenvalue weighted by molar-refractivity contribution is 5.93. The molecule has 1 aliphatic heterocycles. The number of carbonyl (C=O) groups is 3. The first kappa shape index (κ1) is 23.8. The summed E-state index contributed by atoms with van der Waals surface area (Å²) >= 11 is 0. The van der Waals surface area contributed by atoms with Crippen molar-refractivity contribution in [1.29, 1.82) is 0 Å². The Morgan fingerprint density at radius 3 is 2.40 bits per heavy atom. The second-order valence-electron chi connectivity index (χ2n) is 8.77. The van der Waals surface area contributed by atoms with Crippen LogP contribution in [0.5, 0.6) is 0 Å². The number of rotatable bonds is 6. The minimum absolute atomic E-state index is 0.104. The van der Waals surface area contributed by atoms with Crippen molar-refractivity contribution in [2.75, 3.05) is 33.3 Å². The third-order valence-corrected chi connectivity index (χ3v) is 5.27. The Morgan fingerprint density at radius 2 is 1.87 bits per heavy atom. The molecule has 8 heteroatoms. The molecule has 1 aromatic rings. The lowest BCUT2D eigenvalue weighted by atomic mass is 10.0. The normalized spacial score (nSPS) is 16.1. The first-order chi connectivity index (χ1) is 14.1. The van der Waals surface area contributed by atoms with Crippen LogP contribution in [0.3, 0.4) is 0 Å². The summed E-state index contributed by atoms with van der Waals surface area (Å²) in [6.45, 7) is 11.2. The Bertz CT molecular complexity index is 744. The van der Waals surface area contributed by atoms with Crippen LogP contribution >= 0.6 is 0 Å². The van der Waals surface area contributed by atoms with E-state index in [1.807, 2.05) is 50.6 Å². The zero-order chi connectivity index (χ0) is 22.5. The van der Waals surface area contributed by atoms with Gasteiger partial charge in [-0.2, -0.15) is 0 Å². The van der Waals surface area contributed by atoms with E-state index in [1.165, 1.54) is 7.11 Å². The van der Waals surface area contributed by atoms with Crippen molar-refractivity contribution in [1.82, 2.24) is 14.4 Å². The van der Waals surface area contributed by atoms with E-state index in [2.05, 4.69) is 0 Å². The van der Waals surface area contributed by atoms with Gasteiger partial charge in [0.1, 0.15) is 11.3 Å². The summed E-state index contributed by atoms with van der Waals surface area (Å²) in [5, 5.41) is 0. The molecule has 0 N–H and O–H groups in total. The lowest BCUT2D eigenvalue weighted by Crippen LogP contribution is -2.43. The summed E-state index contributed by atoms with van der Waals surface area (Å²) in [6, 6.07) is 3.81. The zero-order valence-corrected chi connectivity index (χ0v) is 19.0. The van der Waals surface area contributed by atoms with Gasteiger partial charge < -0.3 is 23.8 Å². The summed E-state index contributed by atoms with van der Waals surface area (Å²) in [7, 11) is 1.35. The standard InChI is InChI=1S/C22H35N3O5/c1-7-23(15-16(2)20(27)29-6)19(26)18-9-8-12-25(18)17-10-13-24(14-11-17)21(28)30-22(3,4)5/h8-9,12,16-17H,7,10-11,13-15H2,1-6H3. The molecular formula is C22H35N3O5. The van der Waals surface area contributed by atoms with E-state index in [1.54, 1.807) is 16.7 Å². The summed E-state index contributed by atoms with van der Waals surface area (Å²) in [4.78, 5) is 40.6. The van der Waals surface area contributed by atoms with Crippen molar-refractivity contribution >= 4 is 18.0 Å². The maximum Gasteiger partial charge on any atom is 0.410 e. The van der Waals surface area contributed by atoms with Gasteiger partial charge in [0.25, 0.3) is 5.91 Å². The lowest BCUT2D eigenvalue weighted by molar-refractivity contribution is -0.145. The molecule has 0 aromatic carbocycles. The van der Waals surface area contributed by atoms with E-state index in [-0.39, 0.29) is 29.9 Å². The van der Waals surface area contributed by atoms with Gasteiger partial charge in [0.2, 0.25) is 0 Å². The predicted molar refractivity (Wildman–Crippen MR) is 113 cm³/mol. The minimum Gasteiger partial charge on any atom is -0.469 e. The van der Waals surface area contributed by atoms with Crippen LogP contribution in [0.25, 0.3) is 0 Å². The van der Waals surface area contributed by atoms with Crippen molar-refractivity contribution < 1.29 is 23.9 Å². The smallest absolute Gasteiger partial charge is 0.410 e. The largest absolute Gasteiger partial charge is 0.469 e. The fourth-order valence-electron chi connectivity index (χ4n) is 3.67. The fraction of sp³-hybridized carbons (Fsp3) is 0.682. The maximum absolute atomic E-state index is 13.1. The van der Waals surface area contributed by atoms with E-state index in [0.717, 1.165) is 12.8 Å². The third kappa shape index (κ3) is 6.00. The molecule has 168 valence electrons. The molecular weight excluding hydrogens is 386 g/mol. The van der Waals surface area contributed by atoms with Crippen LogP contribution in [0, 0.1) is 5.92 Å². The second kappa shape index (κ2) is 10.00. The minimum atomic E-state index is -0.515. The number of methoxy groups -OCH3 is 1. The number of hydrogen-bond donors (Lipinski definition) is 0. The molecule has 2 amide bonds. The highest BCUT2D eigenvalue weighted by Gasteiger charge is 2.30. The molecule has 0 aliphatic carbocycles. The number of amides is 2. The summed E-state index contributed by atoms with van der Waals surface area (Å²) in [5.74, 6) is -0.821. The van der Waals surface area contributed by atoms with Gasteiger partial charge in [0, 0.05) is 38.4 Å². The Labute approximate surface area is 179 Å². The van der Waals surface area contributed by atoms with Crippen LogP contribution < -0.4 is 0 Å². The molecule has 2 heterocycles. The van der Waals surface area contributed by atoms with Crippen LogP contribution in [-0.4, -0.2) is 71.2 Å². The molecule has 2 rings (SSSR count). The average molecular weight is 422 g/mol. The number of ether oxygens (including phenoxy) is 2. The number of likely N-dealkylation sites (tertiary alicyclic amines) is 1. The summed E-state index contributed by atoms with van der Waals surface area (Å²) in [5.41, 5.74) is 0.0865. The average Bonchev–Trinajstić information content (AvgIpc) is 3.19. The molecule has 1 aliphatic rings. The monoisotopic (exact) mass is 421 g/mol. The molecule has 30 heavy (non-hydrogen) atoms. The number of aromatic nitrogens is 1. The van der Waals surface area contributed by atoms with Crippen LogP contribution in [0.4, 0.5) is 4.79 Å². The van der Waals surface area contributed by atoms with Crippen molar-refractivity contribution in [2.45, 2.75) is 59.1 Å². The number of nitrogens with zero attached hydrogens (tertiary/aromatic N) is 3. The van der Waals surface area contributed by atoms with E-state index in [0.29, 0.717) is 31.9 Å². The van der Waals surface area contributed by atoms with Crippen LogP contribution in [-0.2, 0) is 14.3 Å². The SMILES string of the molecule is CCN(CC(C)C(=O)OC)C(=O)c1cccn1C1CCN(C(=O)OC(C)(C)C)CC1. The molecule has 0 bridgehead atoms. The Kier molecular flexibility index (Phi) is 7.92. The van der Waals surface area contributed by atoms with Crippen molar-refractivity contribution in [2.24, 2.45) is 5.92 Å². The first-order valence-electron chi connectivity index (χ1n) is 10.6. The zero-order valence-electron chi connectivity index (χ0n) is 19.0. The van der Waals surface area contributed by atoms with E-state index < -0.39 is 5.60 Å². The van der Waals surface area contributed by atoms with Gasteiger partial charge in [-0.05, 0) is 52.7 Å². The maximum atomic E-state index is 13.1. The summed E-state index contributed by atoms with van der Waals surface area (Å²) < 4.78 is 12.2. The summed E-state index contributed by atoms with van der Waals surface area (Å²) in [6.07, 6.45) is 3.12. The number of hydrogen-bond acceptors (Lipinski definition) is 5. The number of carbonyl (C=O) groups excluding carboxylic acids is 3. The van der Waals surface area contributed by atoms with Gasteiger partial charge in [0.05, 0.1) is 13.0 Å². The lowest BCUT2D eigenvalue weighted by Gasteiger charge is -2.35. The van der Waals surface area contributed by atoms with Crippen LogP contribution in [0.15, 0.2) is 18.3 Å². The molecule has 1 saturated heterocycles. The van der Waals surface area contributed by atoms with Crippen molar-refractivity contribution in [3.8, 4) is 0 Å². The van der Waals surface area contributed by atoms with Gasteiger partial charge in [0.15, 0.2) is 0 Å². The topological polar surface area (TPSA) is 81.1 Å². The van der Waals surface area contributed by atoms with E-state index >= 15 is 0 Å². The van der Waals surface area contributed by atoms with Crippen LogP contribution in [0.2, 0.25) is 0 Å². The first-order valence-corrected chi connectivity index (χ1v) is 10.6. The predicted octanol–water partition coefficient (Wildman–Crippen LogP) is 3.33. The van der Waals surface area contributed by atoms with Crippen molar-refractivity contribution in [3.63, 3.8) is 0 Å².